The maximum absolute atomic E-state index is 12.4. The maximum atomic E-state index is 12.4. The molecule has 4 nitrogen and oxygen atoms in total. The smallest absolute Gasteiger partial charge is 0.246 e. The number of rotatable bonds is 2. The molecule has 21 heavy (non-hydrogen) atoms. The first-order chi connectivity index (χ1) is 10.1. The minimum atomic E-state index is 0.117. The molecule has 0 radical (unpaired) electrons. The van der Waals surface area contributed by atoms with Gasteiger partial charge in [-0.25, -0.2) is 0 Å². The molecule has 0 aliphatic carbocycles. The van der Waals surface area contributed by atoms with Gasteiger partial charge in [-0.3, -0.25) is 9.69 Å². The topological polar surface area (TPSA) is 49.6 Å². The van der Waals surface area contributed by atoms with Crippen molar-refractivity contribution < 1.29 is 4.79 Å². The van der Waals surface area contributed by atoms with Crippen LogP contribution in [0.5, 0.6) is 0 Å². The molecule has 2 unspecified atom stereocenters. The summed E-state index contributed by atoms with van der Waals surface area (Å²) in [5, 5.41) is 0. The molecule has 2 aliphatic rings. The van der Waals surface area contributed by atoms with E-state index in [1.54, 1.807) is 6.08 Å². The van der Waals surface area contributed by atoms with E-state index in [1.807, 2.05) is 35.2 Å². The predicted octanol–water partition coefficient (Wildman–Crippen LogP) is 1.98. The van der Waals surface area contributed by atoms with E-state index >= 15 is 0 Å². The minimum Gasteiger partial charge on any atom is -0.399 e. The van der Waals surface area contributed by atoms with E-state index in [1.165, 1.54) is 19.4 Å². The quantitative estimate of drug-likeness (QED) is 0.668. The first-order valence-corrected chi connectivity index (χ1v) is 7.72. The van der Waals surface area contributed by atoms with Crippen LogP contribution in [0.3, 0.4) is 0 Å². The first kappa shape index (κ1) is 14.1. The molecule has 0 saturated carbocycles. The number of hydrogen-bond donors (Lipinski definition) is 1. The number of nitrogens with two attached hydrogens (primary N) is 1. The highest BCUT2D eigenvalue weighted by Gasteiger charge is 2.35. The zero-order valence-electron chi connectivity index (χ0n) is 12.5. The molecule has 1 aromatic carbocycles. The molecule has 2 heterocycles. The SMILES string of the molecule is CC1CN2CCCC2CN1C(=O)/C=C/c1ccc(N)cc1. The number of carbonyl (C=O) groups excluding carboxylic acids is 1. The van der Waals surface area contributed by atoms with E-state index < -0.39 is 0 Å². The van der Waals surface area contributed by atoms with Crippen molar-refractivity contribution in [1.29, 1.82) is 0 Å². The zero-order valence-corrected chi connectivity index (χ0v) is 12.5. The van der Waals surface area contributed by atoms with E-state index in [2.05, 4.69) is 11.8 Å². The average molecular weight is 285 g/mol. The molecular formula is C17H23N3O. The lowest BCUT2D eigenvalue weighted by molar-refractivity contribution is -0.131. The lowest BCUT2D eigenvalue weighted by atomic mass is 10.1. The fraction of sp³-hybridized carbons (Fsp3) is 0.471. The highest BCUT2D eigenvalue weighted by molar-refractivity contribution is 5.92. The Labute approximate surface area is 126 Å². The molecule has 1 amide bonds. The van der Waals surface area contributed by atoms with Crippen molar-refractivity contribution in [3.8, 4) is 0 Å². The van der Waals surface area contributed by atoms with Gasteiger partial charge in [0.2, 0.25) is 5.91 Å². The van der Waals surface area contributed by atoms with E-state index in [4.69, 9.17) is 5.73 Å². The van der Waals surface area contributed by atoms with Crippen molar-refractivity contribution in [3.05, 3.63) is 35.9 Å². The fourth-order valence-electron chi connectivity index (χ4n) is 3.36. The van der Waals surface area contributed by atoms with Crippen LogP contribution in [0.4, 0.5) is 5.69 Å². The number of piperazine rings is 1. The number of anilines is 1. The maximum Gasteiger partial charge on any atom is 0.246 e. The largest absolute Gasteiger partial charge is 0.399 e. The number of hydrogen-bond acceptors (Lipinski definition) is 3. The standard InChI is InChI=1S/C17H23N3O/c1-13-11-19-10-2-3-16(19)12-20(13)17(21)9-6-14-4-7-15(18)8-5-14/h4-9,13,16H,2-3,10-12,18H2,1H3/b9-6+. The Bertz CT molecular complexity index is 537. The second kappa shape index (κ2) is 5.90. The third-order valence-electron chi connectivity index (χ3n) is 4.58. The van der Waals surface area contributed by atoms with Gasteiger partial charge in [-0.15, -0.1) is 0 Å². The Morgan fingerprint density at radius 1 is 1.29 bits per heavy atom. The number of nitrogen functional groups attached to an aromatic ring is 1. The fourth-order valence-corrected chi connectivity index (χ4v) is 3.36. The van der Waals surface area contributed by atoms with Crippen molar-refractivity contribution in [2.24, 2.45) is 0 Å². The van der Waals surface area contributed by atoms with Crippen LogP contribution in [-0.4, -0.2) is 47.4 Å². The number of carbonyl (C=O) groups is 1. The normalized spacial score (nSPS) is 26.2. The monoisotopic (exact) mass is 285 g/mol. The minimum absolute atomic E-state index is 0.117. The summed E-state index contributed by atoms with van der Waals surface area (Å²) in [6.45, 7) is 5.21. The third kappa shape index (κ3) is 3.10. The summed E-state index contributed by atoms with van der Waals surface area (Å²) in [6.07, 6.45) is 6.04. The van der Waals surface area contributed by atoms with Gasteiger partial charge in [-0.2, -0.15) is 0 Å². The summed E-state index contributed by atoms with van der Waals surface area (Å²) in [5.41, 5.74) is 7.41. The van der Waals surface area contributed by atoms with Crippen LogP contribution >= 0.6 is 0 Å². The first-order valence-electron chi connectivity index (χ1n) is 7.72. The summed E-state index contributed by atoms with van der Waals surface area (Å²) in [5.74, 6) is 0.117. The number of nitrogens with zero attached hydrogens (tertiary/aromatic N) is 2. The van der Waals surface area contributed by atoms with Crippen molar-refractivity contribution in [3.63, 3.8) is 0 Å². The highest BCUT2D eigenvalue weighted by Crippen LogP contribution is 2.24. The van der Waals surface area contributed by atoms with Crippen molar-refractivity contribution in [2.45, 2.75) is 31.8 Å². The van der Waals surface area contributed by atoms with Gasteiger partial charge in [-0.05, 0) is 50.1 Å². The van der Waals surface area contributed by atoms with Crippen molar-refractivity contribution in [1.82, 2.24) is 9.80 Å². The molecular weight excluding hydrogens is 262 g/mol. The van der Waals surface area contributed by atoms with Crippen LogP contribution in [0.15, 0.2) is 30.3 Å². The van der Waals surface area contributed by atoms with Gasteiger partial charge in [-0.1, -0.05) is 12.1 Å². The van der Waals surface area contributed by atoms with Crippen LogP contribution in [0.25, 0.3) is 6.08 Å². The summed E-state index contributed by atoms with van der Waals surface area (Å²) >= 11 is 0. The van der Waals surface area contributed by atoms with Crippen LogP contribution in [0.2, 0.25) is 0 Å². The van der Waals surface area contributed by atoms with Crippen LogP contribution in [0, 0.1) is 0 Å². The van der Waals surface area contributed by atoms with Gasteiger partial charge in [0.1, 0.15) is 0 Å². The molecule has 0 spiro atoms. The van der Waals surface area contributed by atoms with Gasteiger partial charge < -0.3 is 10.6 Å². The Morgan fingerprint density at radius 3 is 2.81 bits per heavy atom. The molecule has 4 heteroatoms. The third-order valence-corrected chi connectivity index (χ3v) is 4.58. The van der Waals surface area contributed by atoms with Crippen LogP contribution < -0.4 is 5.73 Å². The van der Waals surface area contributed by atoms with E-state index in [9.17, 15) is 4.79 Å². The Hall–Kier alpha value is -1.81. The molecule has 2 N–H and O–H groups in total. The molecule has 0 bridgehead atoms. The molecule has 2 atom stereocenters. The summed E-state index contributed by atoms with van der Waals surface area (Å²) in [4.78, 5) is 17.0. The zero-order chi connectivity index (χ0) is 14.8. The van der Waals surface area contributed by atoms with Gasteiger partial charge >= 0.3 is 0 Å². The number of benzene rings is 1. The number of amides is 1. The van der Waals surface area contributed by atoms with Gasteiger partial charge in [0, 0.05) is 36.9 Å². The van der Waals surface area contributed by atoms with E-state index in [0.717, 1.165) is 24.3 Å². The predicted molar refractivity (Wildman–Crippen MR) is 85.7 cm³/mol. The summed E-state index contributed by atoms with van der Waals surface area (Å²) in [6, 6.07) is 8.42. The second-order valence-corrected chi connectivity index (χ2v) is 6.13. The van der Waals surface area contributed by atoms with Crippen molar-refractivity contribution in [2.75, 3.05) is 25.4 Å². The Morgan fingerprint density at radius 2 is 2.05 bits per heavy atom. The van der Waals surface area contributed by atoms with Crippen LogP contribution in [0.1, 0.15) is 25.3 Å². The second-order valence-electron chi connectivity index (χ2n) is 6.13. The van der Waals surface area contributed by atoms with E-state index in [-0.39, 0.29) is 5.91 Å². The average Bonchev–Trinajstić information content (AvgIpc) is 2.92. The lowest BCUT2D eigenvalue weighted by Gasteiger charge is -2.41. The lowest BCUT2D eigenvalue weighted by Crippen LogP contribution is -2.56. The van der Waals surface area contributed by atoms with Gasteiger partial charge in [0.25, 0.3) is 0 Å². The summed E-state index contributed by atoms with van der Waals surface area (Å²) < 4.78 is 0. The Balaban J connectivity index is 1.65. The molecule has 2 saturated heterocycles. The van der Waals surface area contributed by atoms with E-state index in [0.29, 0.717) is 12.1 Å². The highest BCUT2D eigenvalue weighted by atomic mass is 16.2. The molecule has 0 aromatic heterocycles. The van der Waals surface area contributed by atoms with Crippen molar-refractivity contribution >= 4 is 17.7 Å². The van der Waals surface area contributed by atoms with Crippen LogP contribution in [-0.2, 0) is 4.79 Å². The molecule has 112 valence electrons. The van der Waals surface area contributed by atoms with Gasteiger partial charge in [0.15, 0.2) is 0 Å². The molecule has 3 rings (SSSR count). The summed E-state index contributed by atoms with van der Waals surface area (Å²) in [7, 11) is 0. The van der Waals surface area contributed by atoms with Gasteiger partial charge in [0.05, 0.1) is 0 Å². The Kier molecular flexibility index (Phi) is 3.97. The molecule has 2 fully saturated rings. The molecule has 2 aliphatic heterocycles. The number of fused-ring (bicyclic) bond motifs is 1. The molecule has 1 aromatic rings.